The number of nitrogens with one attached hydrogen (secondary N) is 1. The first kappa shape index (κ1) is 13.6. The van der Waals surface area contributed by atoms with Crippen molar-refractivity contribution in [3.8, 4) is 0 Å². The van der Waals surface area contributed by atoms with E-state index in [4.69, 9.17) is 4.52 Å². The van der Waals surface area contributed by atoms with Gasteiger partial charge in [0.1, 0.15) is 0 Å². The lowest BCUT2D eigenvalue weighted by atomic mass is 10.2. The largest absolute Gasteiger partial charge is 0.340 e. The zero-order valence-electron chi connectivity index (χ0n) is 9.88. The number of nitro groups is 1. The molecule has 0 aliphatic rings. The van der Waals surface area contributed by atoms with Gasteiger partial charge in [0, 0.05) is 36.1 Å². The lowest BCUT2D eigenvalue weighted by molar-refractivity contribution is -0.384. The van der Waals surface area contributed by atoms with Crippen LogP contribution >= 0.6 is 15.9 Å². The molecule has 0 radical (unpaired) electrons. The molecule has 0 atom stereocenters. The maximum Gasteiger partial charge on any atom is 0.270 e. The van der Waals surface area contributed by atoms with E-state index in [1.54, 1.807) is 6.07 Å². The average molecular weight is 327 g/mol. The lowest BCUT2D eigenvalue weighted by Crippen LogP contribution is -2.17. The van der Waals surface area contributed by atoms with Gasteiger partial charge in [0.25, 0.3) is 5.69 Å². The Labute approximate surface area is 117 Å². The molecule has 100 valence electrons. The van der Waals surface area contributed by atoms with Crippen LogP contribution in [0.5, 0.6) is 0 Å². The molecular formula is C11H11BrN4O3. The van der Waals surface area contributed by atoms with E-state index in [1.165, 1.54) is 18.5 Å². The lowest BCUT2D eigenvalue weighted by Gasteiger charge is -2.05. The standard InChI is InChI=1S/C11H11BrN4O3/c12-10-5-9(16(17)18)2-1-8(10)6-13-4-3-11-14-7-15-19-11/h1-2,5,7,13H,3-4,6H2. The van der Waals surface area contributed by atoms with Crippen LogP contribution in [0.3, 0.4) is 0 Å². The normalized spacial score (nSPS) is 10.6. The van der Waals surface area contributed by atoms with Crippen LogP contribution in [-0.2, 0) is 13.0 Å². The van der Waals surface area contributed by atoms with Crippen LogP contribution in [0.15, 0.2) is 33.5 Å². The maximum absolute atomic E-state index is 10.6. The molecule has 0 bridgehead atoms. The monoisotopic (exact) mass is 326 g/mol. The molecule has 1 aromatic carbocycles. The van der Waals surface area contributed by atoms with Crippen LogP contribution in [0.25, 0.3) is 0 Å². The molecule has 0 spiro atoms. The van der Waals surface area contributed by atoms with Crippen molar-refractivity contribution >= 4 is 21.6 Å². The van der Waals surface area contributed by atoms with E-state index in [0.29, 0.717) is 29.9 Å². The maximum atomic E-state index is 10.6. The molecule has 2 aromatic rings. The topological polar surface area (TPSA) is 94.1 Å². The second kappa shape index (κ2) is 6.39. The second-order valence-electron chi connectivity index (χ2n) is 3.79. The Morgan fingerprint density at radius 2 is 2.32 bits per heavy atom. The van der Waals surface area contributed by atoms with Crippen LogP contribution < -0.4 is 5.32 Å². The van der Waals surface area contributed by atoms with Gasteiger partial charge in [-0.15, -0.1) is 0 Å². The van der Waals surface area contributed by atoms with Crippen LogP contribution in [0.4, 0.5) is 5.69 Å². The van der Waals surface area contributed by atoms with Crippen LogP contribution in [0.2, 0.25) is 0 Å². The summed E-state index contributed by atoms with van der Waals surface area (Å²) in [5.41, 5.74) is 1.03. The van der Waals surface area contributed by atoms with E-state index < -0.39 is 4.92 Å². The van der Waals surface area contributed by atoms with Gasteiger partial charge in [-0.3, -0.25) is 10.1 Å². The van der Waals surface area contributed by atoms with Gasteiger partial charge in [0.2, 0.25) is 5.89 Å². The zero-order valence-corrected chi connectivity index (χ0v) is 11.5. The highest BCUT2D eigenvalue weighted by Crippen LogP contribution is 2.22. The molecule has 0 saturated carbocycles. The summed E-state index contributed by atoms with van der Waals surface area (Å²) in [6, 6.07) is 4.71. The molecule has 0 fully saturated rings. The van der Waals surface area contributed by atoms with E-state index in [-0.39, 0.29) is 5.69 Å². The van der Waals surface area contributed by atoms with Crippen LogP contribution in [-0.4, -0.2) is 21.6 Å². The number of rotatable bonds is 6. The SMILES string of the molecule is O=[N+]([O-])c1ccc(CNCCc2ncno2)c(Br)c1. The third-order valence-electron chi connectivity index (χ3n) is 2.49. The fourth-order valence-electron chi connectivity index (χ4n) is 1.52. The molecule has 1 heterocycles. The van der Waals surface area contributed by atoms with Crippen LogP contribution in [0, 0.1) is 10.1 Å². The number of hydrogen-bond donors (Lipinski definition) is 1. The van der Waals surface area contributed by atoms with E-state index >= 15 is 0 Å². The average Bonchev–Trinajstić information content (AvgIpc) is 2.89. The Morgan fingerprint density at radius 3 is 2.95 bits per heavy atom. The van der Waals surface area contributed by atoms with Gasteiger partial charge in [-0.2, -0.15) is 4.98 Å². The first-order valence-corrected chi connectivity index (χ1v) is 6.35. The fraction of sp³-hybridized carbons (Fsp3) is 0.273. The van der Waals surface area contributed by atoms with E-state index in [9.17, 15) is 10.1 Å². The highest BCUT2D eigenvalue weighted by atomic mass is 79.9. The summed E-state index contributed by atoms with van der Waals surface area (Å²) in [7, 11) is 0. The van der Waals surface area contributed by atoms with Crippen LogP contribution in [0.1, 0.15) is 11.5 Å². The van der Waals surface area contributed by atoms with Crippen molar-refractivity contribution in [2.45, 2.75) is 13.0 Å². The molecule has 0 amide bonds. The van der Waals surface area contributed by atoms with E-state index in [0.717, 1.165) is 5.56 Å². The summed E-state index contributed by atoms with van der Waals surface area (Å²) < 4.78 is 5.58. The number of nitrogens with zero attached hydrogens (tertiary/aromatic N) is 3. The Balaban J connectivity index is 1.84. The summed E-state index contributed by atoms with van der Waals surface area (Å²) in [4.78, 5) is 14.1. The molecule has 2 rings (SSSR count). The summed E-state index contributed by atoms with van der Waals surface area (Å²) in [5, 5.41) is 17.3. The molecular weight excluding hydrogens is 316 g/mol. The molecule has 0 aliphatic carbocycles. The van der Waals surface area contributed by atoms with Crippen molar-refractivity contribution in [1.82, 2.24) is 15.5 Å². The minimum Gasteiger partial charge on any atom is -0.340 e. The molecule has 0 aliphatic heterocycles. The predicted molar refractivity (Wildman–Crippen MR) is 70.5 cm³/mol. The number of halogens is 1. The predicted octanol–water partition coefficient (Wildman–Crippen LogP) is 2.07. The molecule has 0 saturated heterocycles. The summed E-state index contributed by atoms with van der Waals surface area (Å²) in [5.74, 6) is 0.579. The van der Waals surface area contributed by atoms with Crippen molar-refractivity contribution in [3.63, 3.8) is 0 Å². The summed E-state index contributed by atoms with van der Waals surface area (Å²) >= 11 is 3.32. The number of non-ortho nitro benzene ring substituents is 1. The molecule has 19 heavy (non-hydrogen) atoms. The van der Waals surface area contributed by atoms with Gasteiger partial charge < -0.3 is 9.84 Å². The van der Waals surface area contributed by atoms with Gasteiger partial charge in [0.15, 0.2) is 6.33 Å². The first-order chi connectivity index (χ1) is 9.16. The quantitative estimate of drug-likeness (QED) is 0.496. The van der Waals surface area contributed by atoms with Crippen molar-refractivity contribution < 1.29 is 9.45 Å². The zero-order chi connectivity index (χ0) is 13.7. The Bertz CT molecular complexity index is 559. The summed E-state index contributed by atoms with van der Waals surface area (Å²) in [6.07, 6.45) is 2.01. The molecule has 1 N–H and O–H groups in total. The van der Waals surface area contributed by atoms with Gasteiger partial charge in [-0.1, -0.05) is 21.1 Å². The first-order valence-electron chi connectivity index (χ1n) is 5.56. The van der Waals surface area contributed by atoms with Crippen molar-refractivity contribution in [3.05, 3.63) is 50.6 Å². The van der Waals surface area contributed by atoms with Gasteiger partial charge in [-0.05, 0) is 11.6 Å². The minimum absolute atomic E-state index is 0.0708. The number of hydrogen-bond acceptors (Lipinski definition) is 6. The Hall–Kier alpha value is -1.80. The van der Waals surface area contributed by atoms with Crippen molar-refractivity contribution in [2.75, 3.05) is 6.54 Å². The van der Waals surface area contributed by atoms with E-state index in [2.05, 4.69) is 31.4 Å². The van der Waals surface area contributed by atoms with Gasteiger partial charge in [-0.25, -0.2) is 0 Å². The smallest absolute Gasteiger partial charge is 0.270 e. The number of nitro benzene ring substituents is 1. The van der Waals surface area contributed by atoms with Crippen molar-refractivity contribution in [1.29, 1.82) is 0 Å². The minimum atomic E-state index is -0.419. The highest BCUT2D eigenvalue weighted by molar-refractivity contribution is 9.10. The Kier molecular flexibility index (Phi) is 4.58. The third-order valence-corrected chi connectivity index (χ3v) is 3.22. The highest BCUT2D eigenvalue weighted by Gasteiger charge is 2.08. The number of aromatic nitrogens is 2. The summed E-state index contributed by atoms with van der Waals surface area (Å²) in [6.45, 7) is 1.29. The van der Waals surface area contributed by atoms with Crippen molar-refractivity contribution in [2.24, 2.45) is 0 Å². The molecule has 7 nitrogen and oxygen atoms in total. The fourth-order valence-corrected chi connectivity index (χ4v) is 2.02. The third kappa shape index (κ3) is 3.83. The number of benzene rings is 1. The molecule has 0 unspecified atom stereocenters. The molecule has 8 heteroatoms. The molecule has 1 aromatic heterocycles. The van der Waals surface area contributed by atoms with Gasteiger partial charge >= 0.3 is 0 Å². The van der Waals surface area contributed by atoms with Gasteiger partial charge in [0.05, 0.1) is 4.92 Å². The van der Waals surface area contributed by atoms with E-state index in [1.807, 2.05) is 0 Å². The Morgan fingerprint density at radius 1 is 1.47 bits per heavy atom. The second-order valence-corrected chi connectivity index (χ2v) is 4.65.